The van der Waals surface area contributed by atoms with Gasteiger partial charge in [0.1, 0.15) is 0 Å². The van der Waals surface area contributed by atoms with Crippen molar-refractivity contribution < 1.29 is 4.74 Å². The third kappa shape index (κ3) is 5.56. The third-order valence-corrected chi connectivity index (χ3v) is 5.63. The van der Waals surface area contributed by atoms with Crippen LogP contribution in [0.4, 0.5) is 0 Å². The maximum Gasteiger partial charge on any atom is 0.193 e. The molecule has 0 radical (unpaired) electrons. The van der Waals surface area contributed by atoms with Crippen LogP contribution < -0.4 is 5.32 Å². The normalized spacial score (nSPS) is 23.2. The molecule has 2 aliphatic rings. The first-order chi connectivity index (χ1) is 13.2. The van der Waals surface area contributed by atoms with Crippen LogP contribution in [0.15, 0.2) is 40.9 Å². The quantitative estimate of drug-likeness (QED) is 0.654. The molecule has 2 aliphatic heterocycles. The van der Waals surface area contributed by atoms with Gasteiger partial charge in [0.05, 0.1) is 13.2 Å². The molecule has 1 aromatic carbocycles. The number of aliphatic imine (C=N–C) groups is 1. The lowest BCUT2D eigenvalue weighted by Gasteiger charge is -2.39. The van der Waals surface area contributed by atoms with E-state index < -0.39 is 0 Å². The summed E-state index contributed by atoms with van der Waals surface area (Å²) in [6, 6.07) is 11.6. The lowest BCUT2D eigenvalue weighted by atomic mass is 10.0. The second-order valence-electron chi connectivity index (χ2n) is 7.64. The van der Waals surface area contributed by atoms with Crippen LogP contribution in [0.25, 0.3) is 6.08 Å². The van der Waals surface area contributed by atoms with E-state index in [0.29, 0.717) is 12.1 Å². The van der Waals surface area contributed by atoms with E-state index >= 15 is 0 Å². The maximum atomic E-state index is 5.56. The Labute approximate surface area is 164 Å². The van der Waals surface area contributed by atoms with Gasteiger partial charge in [-0.2, -0.15) is 0 Å². The number of hydrogen-bond acceptors (Lipinski definition) is 3. The lowest BCUT2D eigenvalue weighted by molar-refractivity contribution is -0.0175. The zero-order valence-corrected chi connectivity index (χ0v) is 17.0. The summed E-state index contributed by atoms with van der Waals surface area (Å²) in [4.78, 5) is 9.44. The smallest absolute Gasteiger partial charge is 0.193 e. The van der Waals surface area contributed by atoms with Gasteiger partial charge < -0.3 is 15.0 Å². The molecular formula is C22H34N4O. The number of likely N-dealkylation sites (tertiary alicyclic amines) is 1. The van der Waals surface area contributed by atoms with Crippen molar-refractivity contribution in [3.63, 3.8) is 0 Å². The number of ether oxygens (including phenoxy) is 1. The van der Waals surface area contributed by atoms with Gasteiger partial charge in [0.2, 0.25) is 0 Å². The molecule has 148 valence electrons. The number of nitrogens with one attached hydrogen (secondary N) is 1. The number of hydrogen-bond donors (Lipinski definition) is 1. The summed E-state index contributed by atoms with van der Waals surface area (Å²) in [5.74, 6) is 1.03. The SMILES string of the molecule is CN=C(NCC(C)N1CCOCC1C)N1CCC(=Cc2ccccc2)CC1. The average molecular weight is 371 g/mol. The minimum atomic E-state index is 0.471. The highest BCUT2D eigenvalue weighted by atomic mass is 16.5. The highest BCUT2D eigenvalue weighted by Crippen LogP contribution is 2.19. The molecule has 3 rings (SSSR count). The van der Waals surface area contributed by atoms with Crippen LogP contribution in [-0.4, -0.2) is 74.3 Å². The molecule has 2 heterocycles. The Hall–Kier alpha value is -1.85. The Kier molecular flexibility index (Phi) is 7.30. The largest absolute Gasteiger partial charge is 0.379 e. The third-order valence-electron chi connectivity index (χ3n) is 5.63. The van der Waals surface area contributed by atoms with Crippen molar-refractivity contribution in [1.82, 2.24) is 15.1 Å². The van der Waals surface area contributed by atoms with E-state index in [2.05, 4.69) is 70.4 Å². The van der Waals surface area contributed by atoms with E-state index in [1.165, 1.54) is 11.1 Å². The van der Waals surface area contributed by atoms with Crippen LogP contribution in [0.3, 0.4) is 0 Å². The van der Waals surface area contributed by atoms with Crippen molar-refractivity contribution in [3.8, 4) is 0 Å². The van der Waals surface area contributed by atoms with E-state index in [4.69, 9.17) is 4.74 Å². The number of piperidine rings is 1. The zero-order chi connectivity index (χ0) is 19.1. The van der Waals surface area contributed by atoms with Gasteiger partial charge in [-0.3, -0.25) is 9.89 Å². The number of guanidine groups is 1. The molecule has 0 aromatic heterocycles. The van der Waals surface area contributed by atoms with E-state index in [1.807, 2.05) is 7.05 Å². The van der Waals surface area contributed by atoms with Gasteiger partial charge in [-0.05, 0) is 32.3 Å². The van der Waals surface area contributed by atoms with Crippen molar-refractivity contribution in [2.75, 3.05) is 46.4 Å². The molecule has 0 spiro atoms. The van der Waals surface area contributed by atoms with Crippen LogP contribution in [0.5, 0.6) is 0 Å². The van der Waals surface area contributed by atoms with Gasteiger partial charge in [0.25, 0.3) is 0 Å². The van der Waals surface area contributed by atoms with Crippen LogP contribution in [0.2, 0.25) is 0 Å². The molecule has 0 bridgehead atoms. The Morgan fingerprint density at radius 1 is 1.26 bits per heavy atom. The minimum absolute atomic E-state index is 0.471. The van der Waals surface area contributed by atoms with Gasteiger partial charge in [-0.25, -0.2) is 0 Å². The zero-order valence-electron chi connectivity index (χ0n) is 17.0. The Morgan fingerprint density at radius 2 is 2.00 bits per heavy atom. The first-order valence-electron chi connectivity index (χ1n) is 10.2. The summed E-state index contributed by atoms with van der Waals surface area (Å²) in [7, 11) is 1.89. The van der Waals surface area contributed by atoms with E-state index in [-0.39, 0.29) is 0 Å². The number of rotatable bonds is 4. The summed E-state index contributed by atoms with van der Waals surface area (Å²) < 4.78 is 5.56. The van der Waals surface area contributed by atoms with Gasteiger partial charge in [-0.15, -0.1) is 0 Å². The molecule has 5 heteroatoms. The first-order valence-corrected chi connectivity index (χ1v) is 10.2. The van der Waals surface area contributed by atoms with Gasteiger partial charge in [-0.1, -0.05) is 42.0 Å². The summed E-state index contributed by atoms with van der Waals surface area (Å²) in [5, 5.41) is 3.60. The molecular weight excluding hydrogens is 336 g/mol. The number of benzene rings is 1. The average Bonchev–Trinajstić information content (AvgIpc) is 2.70. The molecule has 2 unspecified atom stereocenters. The molecule has 0 saturated carbocycles. The van der Waals surface area contributed by atoms with Crippen LogP contribution >= 0.6 is 0 Å². The molecule has 2 saturated heterocycles. The topological polar surface area (TPSA) is 40.1 Å². The standard InChI is InChI=1S/C22H34N4O/c1-18(26-13-14-27-17-19(26)2)16-24-22(23-3)25-11-9-21(10-12-25)15-20-7-5-4-6-8-20/h4-8,15,18-19H,9-14,16-17H2,1-3H3,(H,23,24). The highest BCUT2D eigenvalue weighted by Gasteiger charge is 2.24. The fourth-order valence-electron chi connectivity index (χ4n) is 4.02. The van der Waals surface area contributed by atoms with Crippen LogP contribution in [-0.2, 0) is 4.74 Å². The van der Waals surface area contributed by atoms with E-state index in [9.17, 15) is 0 Å². The molecule has 2 atom stereocenters. The summed E-state index contributed by atoms with van der Waals surface area (Å²) >= 11 is 0. The molecule has 27 heavy (non-hydrogen) atoms. The molecule has 5 nitrogen and oxygen atoms in total. The Bertz CT molecular complexity index is 633. The van der Waals surface area contributed by atoms with E-state index in [0.717, 1.165) is 58.2 Å². The lowest BCUT2D eigenvalue weighted by Crippen LogP contribution is -2.53. The van der Waals surface area contributed by atoms with Gasteiger partial charge in [0.15, 0.2) is 5.96 Å². The second-order valence-corrected chi connectivity index (χ2v) is 7.64. The Morgan fingerprint density at radius 3 is 2.67 bits per heavy atom. The van der Waals surface area contributed by atoms with Crippen molar-refractivity contribution in [2.45, 2.75) is 38.8 Å². The van der Waals surface area contributed by atoms with Crippen molar-refractivity contribution in [1.29, 1.82) is 0 Å². The summed E-state index contributed by atoms with van der Waals surface area (Å²) in [6.45, 7) is 10.2. The number of nitrogens with zero attached hydrogens (tertiary/aromatic N) is 3. The van der Waals surface area contributed by atoms with Gasteiger partial charge in [0, 0.05) is 45.3 Å². The van der Waals surface area contributed by atoms with Crippen LogP contribution in [0, 0.1) is 0 Å². The maximum absolute atomic E-state index is 5.56. The predicted octanol–water partition coefficient (Wildman–Crippen LogP) is 2.85. The van der Waals surface area contributed by atoms with Crippen LogP contribution in [0.1, 0.15) is 32.3 Å². The second kappa shape index (κ2) is 9.90. The summed E-state index contributed by atoms with van der Waals surface area (Å²) in [5.41, 5.74) is 2.83. The fourth-order valence-corrected chi connectivity index (χ4v) is 4.02. The van der Waals surface area contributed by atoms with Crippen molar-refractivity contribution >= 4 is 12.0 Å². The summed E-state index contributed by atoms with van der Waals surface area (Å²) in [6.07, 6.45) is 4.55. The minimum Gasteiger partial charge on any atom is -0.379 e. The fraction of sp³-hybridized carbons (Fsp3) is 0.591. The Balaban J connectivity index is 1.48. The molecule has 2 fully saturated rings. The molecule has 1 N–H and O–H groups in total. The first kappa shape index (κ1) is 19.9. The molecule has 0 aliphatic carbocycles. The van der Waals surface area contributed by atoms with Crippen molar-refractivity contribution in [2.24, 2.45) is 4.99 Å². The number of morpholine rings is 1. The van der Waals surface area contributed by atoms with Crippen molar-refractivity contribution in [3.05, 3.63) is 41.5 Å². The predicted molar refractivity (Wildman–Crippen MR) is 113 cm³/mol. The highest BCUT2D eigenvalue weighted by molar-refractivity contribution is 5.80. The molecule has 1 aromatic rings. The monoisotopic (exact) mass is 370 g/mol. The molecule has 0 amide bonds. The van der Waals surface area contributed by atoms with Gasteiger partial charge >= 0.3 is 0 Å². The van der Waals surface area contributed by atoms with E-state index in [1.54, 1.807) is 0 Å².